The second kappa shape index (κ2) is 7.70. The van der Waals surface area contributed by atoms with Gasteiger partial charge in [-0.3, -0.25) is 4.21 Å². The minimum absolute atomic E-state index is 0.0352. The Morgan fingerprint density at radius 1 is 1.23 bits per heavy atom. The van der Waals surface area contributed by atoms with Gasteiger partial charge in [0.2, 0.25) is 5.95 Å². The van der Waals surface area contributed by atoms with Crippen LogP contribution in [0.5, 0.6) is 0 Å². The van der Waals surface area contributed by atoms with Gasteiger partial charge in [-0.25, -0.2) is 9.37 Å². The molecule has 3 aliphatic rings. The fourth-order valence-electron chi connectivity index (χ4n) is 4.54. The molecule has 0 radical (unpaired) electrons. The van der Waals surface area contributed by atoms with Crippen molar-refractivity contribution in [3.8, 4) is 0 Å². The van der Waals surface area contributed by atoms with Crippen LogP contribution in [-0.2, 0) is 17.2 Å². The van der Waals surface area contributed by atoms with Gasteiger partial charge in [-0.1, -0.05) is 6.07 Å². The first-order chi connectivity index (χ1) is 14.9. The Bertz CT molecular complexity index is 1030. The van der Waals surface area contributed by atoms with Gasteiger partial charge in [0.1, 0.15) is 16.5 Å². The summed E-state index contributed by atoms with van der Waals surface area (Å²) in [7, 11) is -1.11. The molecule has 2 fully saturated rings. The molecule has 7 nitrogen and oxygen atoms in total. The van der Waals surface area contributed by atoms with Crippen molar-refractivity contribution >= 4 is 28.3 Å². The van der Waals surface area contributed by atoms with Crippen molar-refractivity contribution in [2.45, 2.75) is 55.6 Å². The molecule has 2 aromatic rings. The van der Waals surface area contributed by atoms with E-state index in [0.29, 0.717) is 35.4 Å². The van der Waals surface area contributed by atoms with Crippen molar-refractivity contribution in [1.29, 1.82) is 0 Å². The van der Waals surface area contributed by atoms with E-state index in [1.165, 1.54) is 6.07 Å². The first kappa shape index (κ1) is 20.6. The van der Waals surface area contributed by atoms with E-state index in [1.54, 1.807) is 12.1 Å². The van der Waals surface area contributed by atoms with E-state index in [-0.39, 0.29) is 30.0 Å². The second-order valence-electron chi connectivity index (χ2n) is 8.99. The fourth-order valence-corrected chi connectivity index (χ4v) is 5.85. The summed E-state index contributed by atoms with van der Waals surface area (Å²) < 4.78 is 26.3. The molecule has 166 valence electrons. The minimum Gasteiger partial charge on any atom is -0.394 e. The minimum atomic E-state index is -1.11. The number of hydrogen-bond acceptors (Lipinski definition) is 7. The van der Waals surface area contributed by atoms with E-state index in [1.807, 2.05) is 6.07 Å². The molecule has 2 unspecified atom stereocenters. The summed E-state index contributed by atoms with van der Waals surface area (Å²) in [5, 5.41) is 13.1. The molecule has 1 saturated heterocycles. The maximum Gasteiger partial charge on any atom is 0.227 e. The number of rotatable bonds is 5. The molecule has 3 heterocycles. The standard InChI is InChI=1S/C22H28FN5O2S/c1-14-12-28(15(2)11-27(14)17-5-3-4-16(23)10-17)21-24-18-6-9-31(30)19(18)20(25-21)26-22(13-29)7-8-22/h3-5,10,14-15,29H,6-9,11-13H2,1-2H3,(H,24,25,26)/t14-,15?,31?/m1/s1. The quantitative estimate of drug-likeness (QED) is 0.731. The normalized spacial score (nSPS) is 26.6. The summed E-state index contributed by atoms with van der Waals surface area (Å²) in [5.41, 5.74) is 1.37. The molecular weight excluding hydrogens is 417 g/mol. The van der Waals surface area contributed by atoms with Crippen LogP contribution in [0.25, 0.3) is 0 Å². The van der Waals surface area contributed by atoms with Gasteiger partial charge in [0.15, 0.2) is 0 Å². The Kier molecular flexibility index (Phi) is 5.13. The van der Waals surface area contributed by atoms with E-state index in [0.717, 1.165) is 30.8 Å². The van der Waals surface area contributed by atoms with Gasteiger partial charge < -0.3 is 20.2 Å². The summed E-state index contributed by atoms with van der Waals surface area (Å²) in [4.78, 5) is 14.7. The molecule has 0 spiro atoms. The largest absolute Gasteiger partial charge is 0.394 e. The van der Waals surface area contributed by atoms with Gasteiger partial charge in [0, 0.05) is 43.0 Å². The zero-order chi connectivity index (χ0) is 21.8. The van der Waals surface area contributed by atoms with E-state index in [9.17, 15) is 13.7 Å². The van der Waals surface area contributed by atoms with Crippen LogP contribution in [0, 0.1) is 5.82 Å². The highest BCUT2D eigenvalue weighted by Crippen LogP contribution is 2.41. The van der Waals surface area contributed by atoms with Gasteiger partial charge in [0.25, 0.3) is 0 Å². The molecule has 1 saturated carbocycles. The summed E-state index contributed by atoms with van der Waals surface area (Å²) in [6.07, 6.45) is 2.43. The Morgan fingerprint density at radius 3 is 2.68 bits per heavy atom. The Labute approximate surface area is 184 Å². The number of nitrogens with one attached hydrogen (secondary N) is 1. The van der Waals surface area contributed by atoms with Crippen molar-refractivity contribution in [2.24, 2.45) is 0 Å². The monoisotopic (exact) mass is 445 g/mol. The maximum atomic E-state index is 13.8. The van der Waals surface area contributed by atoms with Crippen molar-refractivity contribution in [3.05, 3.63) is 35.8 Å². The van der Waals surface area contributed by atoms with Crippen molar-refractivity contribution in [3.63, 3.8) is 0 Å². The van der Waals surface area contributed by atoms with Crippen LogP contribution in [0.2, 0.25) is 0 Å². The molecule has 3 atom stereocenters. The SMILES string of the molecule is CC1CN(c2cccc(F)c2)[C@H](C)CN1c1nc2c(c(NC3(CO)CC3)n1)S(=O)CC2. The number of aliphatic hydroxyl groups excluding tert-OH is 1. The molecule has 0 bridgehead atoms. The lowest BCUT2D eigenvalue weighted by Gasteiger charge is -2.45. The number of hydrogen-bond donors (Lipinski definition) is 2. The first-order valence-electron chi connectivity index (χ1n) is 10.9. The van der Waals surface area contributed by atoms with E-state index < -0.39 is 10.8 Å². The van der Waals surface area contributed by atoms with Gasteiger partial charge in [-0.05, 0) is 44.9 Å². The van der Waals surface area contributed by atoms with Crippen LogP contribution >= 0.6 is 0 Å². The summed E-state index contributed by atoms with van der Waals surface area (Å²) in [5.74, 6) is 1.57. The molecule has 0 amide bonds. The third-order valence-corrected chi connectivity index (χ3v) is 8.06. The number of aromatic nitrogens is 2. The van der Waals surface area contributed by atoms with Crippen LogP contribution in [0.15, 0.2) is 29.2 Å². The van der Waals surface area contributed by atoms with Crippen LogP contribution < -0.4 is 15.1 Å². The lowest BCUT2D eigenvalue weighted by Crippen LogP contribution is -2.57. The van der Waals surface area contributed by atoms with Crippen molar-refractivity contribution < 1.29 is 13.7 Å². The zero-order valence-corrected chi connectivity index (χ0v) is 18.7. The summed E-state index contributed by atoms with van der Waals surface area (Å²) in [6, 6.07) is 6.98. The number of nitrogens with zero attached hydrogens (tertiary/aromatic N) is 4. The second-order valence-corrected chi connectivity index (χ2v) is 10.5. The highest BCUT2D eigenvalue weighted by Gasteiger charge is 2.44. The lowest BCUT2D eigenvalue weighted by atomic mass is 10.1. The van der Waals surface area contributed by atoms with Gasteiger partial charge >= 0.3 is 0 Å². The number of anilines is 3. The van der Waals surface area contributed by atoms with Crippen LogP contribution in [0.3, 0.4) is 0 Å². The first-order valence-corrected chi connectivity index (χ1v) is 12.2. The van der Waals surface area contributed by atoms with Crippen LogP contribution in [-0.4, -0.2) is 62.4 Å². The Balaban J connectivity index is 1.44. The number of aryl methyl sites for hydroxylation is 1. The average Bonchev–Trinajstić information content (AvgIpc) is 3.43. The predicted octanol–water partition coefficient (Wildman–Crippen LogP) is 2.32. The van der Waals surface area contributed by atoms with Crippen molar-refractivity contribution in [1.82, 2.24) is 9.97 Å². The molecule has 1 aliphatic carbocycles. The van der Waals surface area contributed by atoms with Gasteiger partial charge in [-0.2, -0.15) is 4.98 Å². The van der Waals surface area contributed by atoms with Gasteiger partial charge in [-0.15, -0.1) is 0 Å². The molecule has 1 aromatic carbocycles. The van der Waals surface area contributed by atoms with Crippen molar-refractivity contribution in [2.75, 3.05) is 40.6 Å². The highest BCUT2D eigenvalue weighted by atomic mass is 32.2. The summed E-state index contributed by atoms with van der Waals surface area (Å²) in [6.45, 7) is 5.70. The molecule has 2 aliphatic heterocycles. The Morgan fingerprint density at radius 2 is 1.97 bits per heavy atom. The number of halogens is 1. The number of piperazine rings is 1. The third kappa shape index (κ3) is 3.78. The van der Waals surface area contributed by atoms with Crippen LogP contribution in [0.4, 0.5) is 21.8 Å². The number of benzene rings is 1. The van der Waals surface area contributed by atoms with Crippen LogP contribution in [0.1, 0.15) is 32.4 Å². The number of fused-ring (bicyclic) bond motifs is 1. The van der Waals surface area contributed by atoms with Gasteiger partial charge in [0.05, 0.1) is 28.6 Å². The Hall–Kier alpha value is -2.26. The predicted molar refractivity (Wildman–Crippen MR) is 120 cm³/mol. The highest BCUT2D eigenvalue weighted by molar-refractivity contribution is 7.85. The molecular formula is C22H28FN5O2S. The fraction of sp³-hybridized carbons (Fsp3) is 0.545. The molecule has 5 rings (SSSR count). The summed E-state index contributed by atoms with van der Waals surface area (Å²) >= 11 is 0. The average molecular weight is 446 g/mol. The number of aliphatic hydroxyl groups is 1. The van der Waals surface area contributed by atoms with E-state index in [4.69, 9.17) is 9.97 Å². The molecule has 2 N–H and O–H groups in total. The zero-order valence-electron chi connectivity index (χ0n) is 17.8. The smallest absolute Gasteiger partial charge is 0.227 e. The van der Waals surface area contributed by atoms with E-state index in [2.05, 4.69) is 29.0 Å². The maximum absolute atomic E-state index is 13.8. The molecule has 9 heteroatoms. The third-order valence-electron chi connectivity index (χ3n) is 6.60. The molecule has 31 heavy (non-hydrogen) atoms. The molecule has 1 aromatic heterocycles. The van der Waals surface area contributed by atoms with E-state index >= 15 is 0 Å². The topological polar surface area (TPSA) is 81.6 Å². The lowest BCUT2D eigenvalue weighted by molar-refractivity contribution is 0.265.